The molecule has 4 heteroatoms. The summed E-state index contributed by atoms with van der Waals surface area (Å²) in [4.78, 5) is 11.6. The highest BCUT2D eigenvalue weighted by Gasteiger charge is 2.12. The van der Waals surface area contributed by atoms with Gasteiger partial charge in [-0.25, -0.2) is 0 Å². The predicted octanol–water partition coefficient (Wildman–Crippen LogP) is 4.89. The van der Waals surface area contributed by atoms with E-state index in [4.69, 9.17) is 14.7 Å². The number of carbonyl (C=O) groups excluding carboxylic acids is 1. The van der Waals surface area contributed by atoms with Crippen LogP contribution in [0.2, 0.25) is 0 Å². The molecule has 1 unspecified atom stereocenters. The summed E-state index contributed by atoms with van der Waals surface area (Å²) in [5.74, 6) is 0.539. The first-order chi connectivity index (χ1) is 12.7. The number of ether oxygens (including phenoxy) is 2. The molecule has 2 rings (SSSR count). The maximum absolute atomic E-state index is 11.6. The monoisotopic (exact) mass is 349 g/mol. The van der Waals surface area contributed by atoms with Crippen LogP contribution in [0.15, 0.2) is 61.2 Å². The van der Waals surface area contributed by atoms with Crippen molar-refractivity contribution in [1.82, 2.24) is 0 Å². The molecular weight excluding hydrogens is 326 g/mol. The maximum Gasteiger partial charge on any atom is 0.306 e. The van der Waals surface area contributed by atoms with Gasteiger partial charge in [0.15, 0.2) is 0 Å². The molecule has 0 fully saturated rings. The third-order valence-corrected chi connectivity index (χ3v) is 3.99. The Morgan fingerprint density at radius 2 is 1.77 bits per heavy atom. The minimum absolute atomic E-state index is 0.0351. The van der Waals surface area contributed by atoms with E-state index >= 15 is 0 Å². The molecule has 0 saturated heterocycles. The van der Waals surface area contributed by atoms with Gasteiger partial charge in [0.1, 0.15) is 12.4 Å². The fourth-order valence-electron chi connectivity index (χ4n) is 2.50. The van der Waals surface area contributed by atoms with Crippen molar-refractivity contribution in [2.45, 2.75) is 32.3 Å². The Morgan fingerprint density at radius 1 is 1.15 bits per heavy atom. The number of hydrogen-bond acceptors (Lipinski definition) is 4. The molecule has 0 amide bonds. The van der Waals surface area contributed by atoms with Crippen LogP contribution in [0.4, 0.5) is 0 Å². The van der Waals surface area contributed by atoms with Crippen molar-refractivity contribution < 1.29 is 14.3 Å². The van der Waals surface area contributed by atoms with Crippen LogP contribution < -0.4 is 4.74 Å². The van der Waals surface area contributed by atoms with E-state index in [1.54, 1.807) is 18.2 Å². The third-order valence-electron chi connectivity index (χ3n) is 3.99. The van der Waals surface area contributed by atoms with Crippen molar-refractivity contribution in [1.29, 1.82) is 5.26 Å². The minimum Gasteiger partial charge on any atom is -0.490 e. The zero-order valence-corrected chi connectivity index (χ0v) is 15.0. The van der Waals surface area contributed by atoms with Crippen LogP contribution in [0.3, 0.4) is 0 Å². The molecule has 0 bridgehead atoms. The van der Waals surface area contributed by atoms with Crippen LogP contribution >= 0.6 is 0 Å². The average Bonchev–Trinajstić information content (AvgIpc) is 2.70. The van der Waals surface area contributed by atoms with Gasteiger partial charge in [-0.05, 0) is 48.2 Å². The zero-order chi connectivity index (χ0) is 18.8. The molecule has 4 nitrogen and oxygen atoms in total. The normalized spacial score (nSPS) is 11.2. The number of hydrogen-bond donors (Lipinski definition) is 0. The van der Waals surface area contributed by atoms with Crippen LogP contribution in [0.25, 0.3) is 11.1 Å². The van der Waals surface area contributed by atoms with Gasteiger partial charge in [-0.3, -0.25) is 4.79 Å². The maximum atomic E-state index is 11.6. The van der Waals surface area contributed by atoms with E-state index in [2.05, 4.69) is 12.6 Å². The quantitative estimate of drug-likeness (QED) is 0.477. The summed E-state index contributed by atoms with van der Waals surface area (Å²) in [6.07, 6.45) is 3.28. The molecule has 0 aliphatic heterocycles. The molecule has 0 aromatic heterocycles. The van der Waals surface area contributed by atoms with Gasteiger partial charge < -0.3 is 9.47 Å². The van der Waals surface area contributed by atoms with E-state index in [0.29, 0.717) is 18.4 Å². The van der Waals surface area contributed by atoms with E-state index in [1.807, 2.05) is 43.3 Å². The van der Waals surface area contributed by atoms with Crippen molar-refractivity contribution in [3.63, 3.8) is 0 Å². The first kappa shape index (κ1) is 19.3. The second-order valence-corrected chi connectivity index (χ2v) is 5.87. The summed E-state index contributed by atoms with van der Waals surface area (Å²) >= 11 is 0. The summed E-state index contributed by atoms with van der Waals surface area (Å²) in [5.41, 5.74) is 2.75. The topological polar surface area (TPSA) is 59.3 Å². The fourth-order valence-corrected chi connectivity index (χ4v) is 2.50. The van der Waals surface area contributed by atoms with Crippen molar-refractivity contribution in [2.75, 3.05) is 6.61 Å². The van der Waals surface area contributed by atoms with Gasteiger partial charge in [0.05, 0.1) is 17.7 Å². The lowest BCUT2D eigenvalue weighted by Gasteiger charge is -2.17. The highest BCUT2D eigenvalue weighted by atomic mass is 16.5. The van der Waals surface area contributed by atoms with Crippen LogP contribution in [0.1, 0.15) is 31.7 Å². The van der Waals surface area contributed by atoms with Crippen LogP contribution in [0.5, 0.6) is 5.75 Å². The molecule has 1 atom stereocenters. The Bertz CT molecular complexity index is 757. The molecule has 0 radical (unpaired) electrons. The highest BCUT2D eigenvalue weighted by Crippen LogP contribution is 2.24. The number of benzene rings is 2. The summed E-state index contributed by atoms with van der Waals surface area (Å²) in [6.45, 7) is 5.80. The lowest BCUT2D eigenvalue weighted by Crippen LogP contribution is -2.18. The van der Waals surface area contributed by atoms with Gasteiger partial charge in [-0.2, -0.15) is 5.26 Å². The van der Waals surface area contributed by atoms with Gasteiger partial charge in [0.25, 0.3) is 0 Å². The summed E-state index contributed by atoms with van der Waals surface area (Å²) in [6, 6.07) is 17.4. The molecule has 0 spiro atoms. The molecule has 0 aliphatic carbocycles. The second kappa shape index (κ2) is 10.0. The van der Waals surface area contributed by atoms with Crippen molar-refractivity contribution in [2.24, 2.45) is 0 Å². The molecule has 0 saturated carbocycles. The predicted molar refractivity (Wildman–Crippen MR) is 102 cm³/mol. The van der Waals surface area contributed by atoms with Gasteiger partial charge in [-0.1, -0.05) is 43.8 Å². The number of nitrogens with zero attached hydrogens (tertiary/aromatic N) is 1. The van der Waals surface area contributed by atoms with Crippen LogP contribution in [0, 0.1) is 11.3 Å². The Balaban J connectivity index is 1.93. The molecule has 2 aromatic rings. The SMILES string of the molecule is C=CCOC(=O)CCC(CC)Oc1ccc(-c2ccc(C#N)cc2)cc1. The molecule has 26 heavy (non-hydrogen) atoms. The number of nitriles is 1. The van der Waals surface area contributed by atoms with Crippen molar-refractivity contribution in [3.8, 4) is 22.9 Å². The molecule has 0 aliphatic rings. The Kier molecular flexibility index (Phi) is 7.45. The molecule has 0 heterocycles. The average molecular weight is 349 g/mol. The largest absolute Gasteiger partial charge is 0.490 e. The van der Waals surface area contributed by atoms with E-state index in [0.717, 1.165) is 23.3 Å². The zero-order valence-electron chi connectivity index (χ0n) is 15.0. The molecule has 134 valence electrons. The highest BCUT2D eigenvalue weighted by molar-refractivity contribution is 5.69. The molecule has 0 N–H and O–H groups in total. The van der Waals surface area contributed by atoms with Crippen molar-refractivity contribution in [3.05, 3.63) is 66.7 Å². The number of carbonyl (C=O) groups is 1. The van der Waals surface area contributed by atoms with E-state index < -0.39 is 0 Å². The fraction of sp³-hybridized carbons (Fsp3) is 0.273. The van der Waals surface area contributed by atoms with Crippen LogP contribution in [-0.4, -0.2) is 18.7 Å². The van der Waals surface area contributed by atoms with Gasteiger partial charge in [-0.15, -0.1) is 0 Å². The second-order valence-electron chi connectivity index (χ2n) is 5.87. The Hall–Kier alpha value is -3.06. The van der Waals surface area contributed by atoms with Gasteiger partial charge in [0, 0.05) is 6.42 Å². The lowest BCUT2D eigenvalue weighted by atomic mass is 10.0. The van der Waals surface area contributed by atoms with E-state index in [9.17, 15) is 4.79 Å². The van der Waals surface area contributed by atoms with Crippen molar-refractivity contribution >= 4 is 5.97 Å². The first-order valence-electron chi connectivity index (χ1n) is 8.70. The number of rotatable bonds is 9. The van der Waals surface area contributed by atoms with Crippen LogP contribution in [-0.2, 0) is 9.53 Å². The first-order valence-corrected chi connectivity index (χ1v) is 8.70. The summed E-state index contributed by atoms with van der Waals surface area (Å²) in [7, 11) is 0. The molecule has 2 aromatic carbocycles. The Morgan fingerprint density at radius 3 is 2.31 bits per heavy atom. The summed E-state index contributed by atoms with van der Waals surface area (Å²) < 4.78 is 11.0. The standard InChI is InChI=1S/C22H23NO3/c1-3-15-25-22(24)14-13-20(4-2)26-21-11-9-19(10-12-21)18-7-5-17(16-23)6-8-18/h3,5-12,20H,1,4,13-15H2,2H3. The number of esters is 1. The third kappa shape index (κ3) is 5.78. The van der Waals surface area contributed by atoms with E-state index in [1.165, 1.54) is 0 Å². The summed E-state index contributed by atoms with van der Waals surface area (Å²) in [5, 5.41) is 8.86. The molecular formula is C22H23NO3. The van der Waals surface area contributed by atoms with E-state index in [-0.39, 0.29) is 18.7 Å². The lowest BCUT2D eigenvalue weighted by molar-refractivity contribution is -0.142. The van der Waals surface area contributed by atoms with Gasteiger partial charge >= 0.3 is 5.97 Å². The Labute approximate surface area is 154 Å². The smallest absolute Gasteiger partial charge is 0.306 e. The minimum atomic E-state index is -0.233. The van der Waals surface area contributed by atoms with Gasteiger partial charge in [0.2, 0.25) is 0 Å².